The normalized spacial score (nSPS) is 25.0. The Bertz CT molecular complexity index is 1460. The molecular formula is C40H61BN2O7. The Hall–Kier alpha value is -3.24. The molecule has 0 radical (unpaired) electrons. The summed E-state index contributed by atoms with van der Waals surface area (Å²) in [4.78, 5) is 29.1. The fourth-order valence-electron chi connectivity index (χ4n) is 6.67. The van der Waals surface area contributed by atoms with E-state index >= 15 is 0 Å². The summed E-state index contributed by atoms with van der Waals surface area (Å²) in [6.45, 7) is 25.3. The molecule has 10 heteroatoms. The lowest BCUT2D eigenvalue weighted by Crippen LogP contribution is -2.44. The van der Waals surface area contributed by atoms with Crippen LogP contribution in [0.4, 0.5) is 9.59 Å². The summed E-state index contributed by atoms with van der Waals surface area (Å²) in [5.74, 6) is 1.16. The number of likely N-dealkylation sites (tertiary alicyclic amines) is 2. The van der Waals surface area contributed by atoms with Gasteiger partial charge in [-0.2, -0.15) is 0 Å². The van der Waals surface area contributed by atoms with Crippen molar-refractivity contribution in [1.29, 1.82) is 0 Å². The lowest BCUT2D eigenvalue weighted by Gasteiger charge is -2.39. The molecule has 4 atom stereocenters. The second-order valence-electron chi connectivity index (χ2n) is 17.5. The topological polar surface area (TPSA) is 97.8 Å². The summed E-state index contributed by atoms with van der Waals surface area (Å²) in [6.07, 6.45) is 3.46. The van der Waals surface area contributed by atoms with Crippen LogP contribution in [0.2, 0.25) is 0 Å². The molecule has 50 heavy (non-hydrogen) atoms. The number of phenolic OH excluding ortho intramolecular Hbond substituents is 1. The number of nitrogens with zero attached hydrogens (tertiary/aromatic N) is 2. The summed E-state index contributed by atoms with van der Waals surface area (Å²) in [5, 5.41) is 9.67. The SMILES string of the molecule is C[C@H]1CC[C@H](c2cccc(B3OC(C)(C)C(C)(C)O3)c2)N(C(=O)OC(C)(C)C)C1.C[C@H]1CC[C@H](c2cccc(O)c2)N(C(=O)OC(C)(C)C)C1. The third-order valence-electron chi connectivity index (χ3n) is 9.97. The molecule has 3 saturated heterocycles. The molecule has 5 rings (SSSR count). The highest BCUT2D eigenvalue weighted by atomic mass is 16.7. The number of hydrogen-bond acceptors (Lipinski definition) is 7. The monoisotopic (exact) mass is 692 g/mol. The number of hydrogen-bond donors (Lipinski definition) is 1. The van der Waals surface area contributed by atoms with Gasteiger partial charge in [0.25, 0.3) is 0 Å². The number of piperidine rings is 2. The second-order valence-corrected chi connectivity index (χ2v) is 17.5. The van der Waals surface area contributed by atoms with Gasteiger partial charge in [-0.05, 0) is 135 Å². The van der Waals surface area contributed by atoms with Gasteiger partial charge in [0.05, 0.1) is 23.3 Å². The maximum Gasteiger partial charge on any atom is 0.494 e. The summed E-state index contributed by atoms with van der Waals surface area (Å²) < 4.78 is 23.7. The number of amides is 2. The Labute approximate surface area is 301 Å². The number of ether oxygens (including phenoxy) is 2. The third kappa shape index (κ3) is 10.2. The second kappa shape index (κ2) is 15.2. The van der Waals surface area contributed by atoms with Gasteiger partial charge in [0.15, 0.2) is 0 Å². The number of aromatic hydroxyl groups is 1. The zero-order chi connectivity index (χ0) is 37.2. The first kappa shape index (κ1) is 39.5. The van der Waals surface area contributed by atoms with E-state index in [-0.39, 0.29) is 41.2 Å². The Morgan fingerprint density at radius 3 is 1.56 bits per heavy atom. The standard InChI is InChI=1S/C23H36BNO4.C17H25NO3/c1-16-12-13-19(25(15-16)20(26)27-21(2,3)4)17-10-9-11-18(14-17)24-28-22(5,6)23(7,8)29-24;1-12-8-9-15(13-6-5-7-14(19)10-13)18(11-12)16(20)21-17(2,3)4/h9-11,14,16,19H,12-13,15H2,1-8H3;5-7,10,12,15,19H,8-9,11H2,1-4H3/t16-,19+;12-,15+/m00/s1. The van der Waals surface area contributed by atoms with Crippen molar-refractivity contribution in [2.75, 3.05) is 13.1 Å². The van der Waals surface area contributed by atoms with E-state index < -0.39 is 18.3 Å². The van der Waals surface area contributed by atoms with Crippen molar-refractivity contribution in [3.05, 3.63) is 59.7 Å². The van der Waals surface area contributed by atoms with E-state index in [1.807, 2.05) is 70.7 Å². The van der Waals surface area contributed by atoms with Gasteiger partial charge in [0.1, 0.15) is 17.0 Å². The van der Waals surface area contributed by atoms with E-state index in [4.69, 9.17) is 18.8 Å². The maximum absolute atomic E-state index is 12.9. The smallest absolute Gasteiger partial charge is 0.494 e. The molecule has 3 fully saturated rings. The van der Waals surface area contributed by atoms with Crippen LogP contribution in [-0.4, -0.2) is 69.7 Å². The van der Waals surface area contributed by atoms with Crippen molar-refractivity contribution in [2.45, 2.75) is 143 Å². The molecule has 0 aromatic heterocycles. The van der Waals surface area contributed by atoms with Crippen molar-refractivity contribution in [2.24, 2.45) is 11.8 Å². The molecule has 0 spiro atoms. The van der Waals surface area contributed by atoms with Crippen molar-refractivity contribution >= 4 is 24.8 Å². The summed E-state index contributed by atoms with van der Waals surface area (Å²) in [7, 11) is -0.405. The maximum atomic E-state index is 12.9. The van der Waals surface area contributed by atoms with Crippen molar-refractivity contribution in [3.8, 4) is 5.75 Å². The summed E-state index contributed by atoms with van der Waals surface area (Å²) in [5.41, 5.74) is 1.30. The lowest BCUT2D eigenvalue weighted by molar-refractivity contribution is 0.00276. The number of phenols is 1. The predicted molar refractivity (Wildman–Crippen MR) is 198 cm³/mol. The first-order valence-corrected chi connectivity index (χ1v) is 18.3. The lowest BCUT2D eigenvalue weighted by atomic mass is 9.77. The van der Waals surface area contributed by atoms with Crippen molar-refractivity contribution in [3.63, 3.8) is 0 Å². The van der Waals surface area contributed by atoms with E-state index in [0.717, 1.165) is 42.3 Å². The zero-order valence-electron chi connectivity index (χ0n) is 32.5. The van der Waals surface area contributed by atoms with E-state index in [0.29, 0.717) is 24.9 Å². The van der Waals surface area contributed by atoms with Gasteiger partial charge in [0, 0.05) is 13.1 Å². The van der Waals surface area contributed by atoms with Crippen LogP contribution in [0.25, 0.3) is 0 Å². The molecule has 0 bridgehead atoms. The van der Waals surface area contributed by atoms with E-state index in [1.165, 1.54) is 0 Å². The highest BCUT2D eigenvalue weighted by Gasteiger charge is 2.52. The molecule has 2 amide bonds. The molecule has 1 N–H and O–H groups in total. The van der Waals surface area contributed by atoms with Crippen LogP contribution < -0.4 is 5.46 Å². The molecule has 0 saturated carbocycles. The molecule has 2 aromatic carbocycles. The fraction of sp³-hybridized carbons (Fsp3) is 0.650. The molecular weight excluding hydrogens is 631 g/mol. The minimum Gasteiger partial charge on any atom is -0.508 e. The number of carbonyl (C=O) groups excluding carboxylic acids is 2. The van der Waals surface area contributed by atoms with E-state index in [2.05, 4.69) is 53.7 Å². The molecule has 0 unspecified atom stereocenters. The predicted octanol–water partition coefficient (Wildman–Crippen LogP) is 8.79. The minimum atomic E-state index is -0.507. The van der Waals surface area contributed by atoms with E-state index in [1.54, 1.807) is 17.0 Å². The molecule has 3 aliphatic heterocycles. The van der Waals surface area contributed by atoms with Gasteiger partial charge >= 0.3 is 19.3 Å². The quantitative estimate of drug-likeness (QED) is 0.321. The highest BCUT2D eigenvalue weighted by molar-refractivity contribution is 6.62. The van der Waals surface area contributed by atoms with Crippen LogP contribution in [0.5, 0.6) is 5.75 Å². The Balaban J connectivity index is 0.000000237. The van der Waals surface area contributed by atoms with Gasteiger partial charge in [0.2, 0.25) is 0 Å². The van der Waals surface area contributed by atoms with Gasteiger partial charge < -0.3 is 33.7 Å². The van der Waals surface area contributed by atoms with Crippen molar-refractivity contribution in [1.82, 2.24) is 9.80 Å². The van der Waals surface area contributed by atoms with Gasteiger partial charge in [-0.3, -0.25) is 0 Å². The summed E-state index contributed by atoms with van der Waals surface area (Å²) in [6, 6.07) is 15.4. The van der Waals surface area contributed by atoms with Crippen LogP contribution in [0.1, 0.15) is 132 Å². The third-order valence-corrected chi connectivity index (χ3v) is 9.97. The highest BCUT2D eigenvalue weighted by Crippen LogP contribution is 2.38. The summed E-state index contributed by atoms with van der Waals surface area (Å²) >= 11 is 0. The molecule has 2 aromatic rings. The van der Waals surface area contributed by atoms with E-state index in [9.17, 15) is 14.7 Å². The minimum absolute atomic E-state index is 0.00317. The Morgan fingerprint density at radius 2 is 1.14 bits per heavy atom. The molecule has 3 heterocycles. The Kier molecular flexibility index (Phi) is 12.0. The van der Waals surface area contributed by atoms with Crippen LogP contribution in [0.15, 0.2) is 48.5 Å². The molecule has 276 valence electrons. The fourth-order valence-corrected chi connectivity index (χ4v) is 6.67. The zero-order valence-corrected chi connectivity index (χ0v) is 32.5. The van der Waals surface area contributed by atoms with Gasteiger partial charge in [-0.1, -0.05) is 50.2 Å². The number of benzene rings is 2. The molecule has 0 aliphatic carbocycles. The van der Waals surface area contributed by atoms with Gasteiger partial charge in [-0.15, -0.1) is 0 Å². The molecule has 9 nitrogen and oxygen atoms in total. The van der Waals surface area contributed by atoms with Crippen LogP contribution in [0.3, 0.4) is 0 Å². The van der Waals surface area contributed by atoms with Gasteiger partial charge in [-0.25, -0.2) is 9.59 Å². The van der Waals surface area contributed by atoms with Crippen LogP contribution in [0, 0.1) is 11.8 Å². The van der Waals surface area contributed by atoms with Crippen molar-refractivity contribution < 1.29 is 33.5 Å². The number of rotatable bonds is 3. The largest absolute Gasteiger partial charge is 0.508 e. The van der Waals surface area contributed by atoms with Crippen LogP contribution >= 0.6 is 0 Å². The Morgan fingerprint density at radius 1 is 0.720 bits per heavy atom. The molecule has 3 aliphatic rings. The first-order chi connectivity index (χ1) is 23.0. The van der Waals surface area contributed by atoms with Crippen LogP contribution in [-0.2, 0) is 18.8 Å². The average Bonchev–Trinajstić information content (AvgIpc) is 3.22. The number of carbonyl (C=O) groups is 2. The first-order valence-electron chi connectivity index (χ1n) is 18.3. The average molecular weight is 693 g/mol.